The van der Waals surface area contributed by atoms with E-state index in [1.54, 1.807) is 89.7 Å². The molecule has 6 aromatic heterocycles. The van der Waals surface area contributed by atoms with Gasteiger partial charge in [-0.25, -0.2) is 29.9 Å². The molecule has 0 saturated carbocycles. The number of imidazole rings is 6. The molecule has 0 aliphatic rings. The van der Waals surface area contributed by atoms with Crippen LogP contribution in [0.4, 0.5) is 0 Å². The molecule has 0 unspecified atom stereocenters. The zero-order chi connectivity index (χ0) is 80.7. The molecule has 0 atom stereocenters. The van der Waals surface area contributed by atoms with E-state index in [-0.39, 0.29) is 44.6 Å². The number of methoxy groups -OCH3 is 4. The average Bonchev–Trinajstić information content (AvgIpc) is 1.73. The van der Waals surface area contributed by atoms with Crippen LogP contribution in [0.15, 0.2) is 307 Å². The van der Waals surface area contributed by atoms with Crippen molar-refractivity contribution in [3.8, 4) is 45.6 Å². The van der Waals surface area contributed by atoms with Gasteiger partial charge in [0, 0.05) is 128 Å². The smallest absolute Gasteiger partial charge is 0.138 e. The maximum Gasteiger partial charge on any atom is 0.138 e. The number of rotatable bonds is 14. The molecule has 6 heterocycles. The zero-order valence-electron chi connectivity index (χ0n) is 67.4. The van der Waals surface area contributed by atoms with Crippen molar-refractivity contribution in [2.45, 2.75) is 141 Å². The minimum atomic E-state index is 0. The molecule has 0 fully saturated rings. The second-order valence-corrected chi connectivity index (χ2v) is 20.8. The van der Waals surface area contributed by atoms with Crippen molar-refractivity contribution in [1.29, 1.82) is 0 Å². The van der Waals surface area contributed by atoms with E-state index in [9.17, 15) is 0 Å². The fourth-order valence-corrected chi connectivity index (χ4v) is 7.26. The first-order valence-electron chi connectivity index (χ1n) is 35.8. The van der Waals surface area contributed by atoms with Crippen molar-refractivity contribution >= 4 is 33.1 Å². The molecule has 13 aromatic rings. The first-order chi connectivity index (χ1) is 52.8. The second kappa shape index (κ2) is 90.7. The van der Waals surface area contributed by atoms with Gasteiger partial charge in [-0.1, -0.05) is 239 Å². The van der Waals surface area contributed by atoms with Gasteiger partial charge in [-0.2, -0.15) is 0 Å². The van der Waals surface area contributed by atoms with Crippen molar-refractivity contribution in [3.05, 3.63) is 319 Å². The lowest BCUT2D eigenvalue weighted by atomic mass is 10.2. The molecule has 0 spiro atoms. The van der Waals surface area contributed by atoms with Crippen LogP contribution in [0.25, 0.3) is 78.7 Å². The number of nitrogens with zero attached hydrogens (tertiary/aromatic N) is 6. The van der Waals surface area contributed by atoms with Crippen LogP contribution in [0.2, 0.25) is 0 Å². The largest absolute Gasteiger partial charge is 0.385 e. The van der Waals surface area contributed by atoms with Gasteiger partial charge in [0.2, 0.25) is 0 Å². The maximum absolute atomic E-state index is 5.26. The Morgan fingerprint density at radius 1 is 0.281 bits per heavy atom. The fraction of sp³-hybridized carbons (Fsp3) is 0.312. The standard InChI is InChI=1S/2C13H10N2.C10H12N2O.2C9H8N2.C6H10N2O.4C3H8O.6C3H6.6CH4/c2*1-2-6-10(7-3-1)13-14-11-8-4-5-9-12(11)15-13;1-2-13-7-10-11-8-5-3-4-6-9(8)12-10;2*1-2-4-8(5-3-1)9-10-6-7-11-9;1-2-9-5-6-7-3-4-8-6;4*1-3-4-2;6*1-3-2;;;;;;/h2*1-9H,(H,14,15);3-6H,2,7H2,1H3,(H,11,12);2*1-7H,(H,10,11);3-4H,2,5H2,1H3,(H,7,8);4*3H2,1-2H3;6*3H,1H2,2H3;6*1H4. The molecule has 0 aliphatic heterocycles. The van der Waals surface area contributed by atoms with E-state index in [0.29, 0.717) is 13.2 Å². The molecule has 630 valence electrons. The lowest BCUT2D eigenvalue weighted by molar-refractivity contribution is 0.129. The highest BCUT2D eigenvalue weighted by Gasteiger charge is 2.05. The van der Waals surface area contributed by atoms with Crippen LogP contribution in [0.3, 0.4) is 0 Å². The summed E-state index contributed by atoms with van der Waals surface area (Å²) < 4.78 is 28.5. The van der Waals surface area contributed by atoms with E-state index in [0.717, 1.165) is 130 Å². The van der Waals surface area contributed by atoms with Gasteiger partial charge in [-0.15, -0.1) is 39.5 Å². The number of aromatic amines is 6. The average molecular weight is 1570 g/mol. The van der Waals surface area contributed by atoms with Gasteiger partial charge in [0.15, 0.2) is 0 Å². The molecule has 0 amide bonds. The first-order valence-corrected chi connectivity index (χ1v) is 35.8. The molecule has 0 aliphatic carbocycles. The van der Waals surface area contributed by atoms with E-state index in [1.165, 1.54) is 0 Å². The van der Waals surface area contributed by atoms with Gasteiger partial charge in [-0.05, 0) is 119 Å². The summed E-state index contributed by atoms with van der Waals surface area (Å²) in [5.41, 5.74) is 10.7. The monoisotopic (exact) mass is 1570 g/mol. The topological polar surface area (TPSA) is 227 Å². The number of hydrogen-bond donors (Lipinski definition) is 6. The van der Waals surface area contributed by atoms with Gasteiger partial charge in [0.25, 0.3) is 0 Å². The van der Waals surface area contributed by atoms with Gasteiger partial charge in [-0.3, -0.25) is 0 Å². The predicted molar refractivity (Wildman–Crippen MR) is 502 cm³/mol. The Morgan fingerprint density at radius 2 is 0.509 bits per heavy atom. The highest BCUT2D eigenvalue weighted by molar-refractivity contribution is 5.80. The summed E-state index contributed by atoms with van der Waals surface area (Å²) in [4.78, 5) is 44.5. The Balaban J connectivity index is -0.000000153. The van der Waals surface area contributed by atoms with Crippen LogP contribution in [0.5, 0.6) is 0 Å². The maximum atomic E-state index is 5.26. The normalized spacial score (nSPS) is 8.46. The second-order valence-electron chi connectivity index (χ2n) is 20.8. The SMILES string of the molecule is C.C.C.C.C.C.C=CC.C=CC.C=CC.C=CC.C=CC.C=CC.CCOC.CCOC.CCOC.CCOC.CCOCc1nc2ccccc2[nH]1.CCOCc1ncc[nH]1.c1ccc(-c2nc3ccccc3[nH]2)cc1.c1ccc(-c2nc3ccccc3[nH]2)cc1.c1ccc(-c2ncc[nH]2)cc1.c1ccc(-c2ncc[nH]2)cc1. The van der Waals surface area contributed by atoms with Crippen LogP contribution in [0.1, 0.15) is 139 Å². The Kier molecular flexibility index (Phi) is 96.3. The number of para-hydroxylation sites is 6. The summed E-state index contributed by atoms with van der Waals surface area (Å²) in [5, 5.41) is 0. The zero-order valence-corrected chi connectivity index (χ0v) is 67.4. The minimum absolute atomic E-state index is 0. The van der Waals surface area contributed by atoms with Crippen molar-refractivity contribution in [1.82, 2.24) is 59.8 Å². The third-order valence-electron chi connectivity index (χ3n) is 12.0. The summed E-state index contributed by atoms with van der Waals surface area (Å²) in [6.45, 7) is 49.2. The molecule has 7 aromatic carbocycles. The molecular formula is C96H150N12O6. The first kappa shape index (κ1) is 121. The molecule has 0 bridgehead atoms. The van der Waals surface area contributed by atoms with E-state index in [4.69, 9.17) is 9.47 Å². The lowest BCUT2D eigenvalue weighted by Gasteiger charge is -1.94. The Hall–Kier alpha value is -11.2. The van der Waals surface area contributed by atoms with Gasteiger partial charge in [0.05, 0.1) is 33.1 Å². The molecule has 18 nitrogen and oxygen atoms in total. The van der Waals surface area contributed by atoms with E-state index in [2.05, 4.69) is 142 Å². The summed E-state index contributed by atoms with van der Waals surface area (Å²) >= 11 is 0. The number of H-pyrrole nitrogens is 6. The molecule has 0 radical (unpaired) electrons. The molecule has 114 heavy (non-hydrogen) atoms. The van der Waals surface area contributed by atoms with Crippen LogP contribution in [0, 0.1) is 0 Å². The fourth-order valence-electron chi connectivity index (χ4n) is 7.26. The van der Waals surface area contributed by atoms with E-state index < -0.39 is 0 Å². The van der Waals surface area contributed by atoms with E-state index >= 15 is 0 Å². The van der Waals surface area contributed by atoms with Gasteiger partial charge >= 0.3 is 0 Å². The number of benzene rings is 7. The third kappa shape index (κ3) is 62.4. The number of allylic oxidation sites excluding steroid dienone is 6. The number of nitrogens with one attached hydrogen (secondary N) is 6. The van der Waals surface area contributed by atoms with Crippen molar-refractivity contribution in [3.63, 3.8) is 0 Å². The predicted octanol–water partition coefficient (Wildman–Crippen LogP) is 27.2. The van der Waals surface area contributed by atoms with Crippen LogP contribution in [-0.2, 0) is 41.6 Å². The summed E-state index contributed by atoms with van der Waals surface area (Å²) in [6, 6.07) is 64.5. The molecule has 13 rings (SSSR count). The summed E-state index contributed by atoms with van der Waals surface area (Å²) in [7, 11) is 6.72. The van der Waals surface area contributed by atoms with Gasteiger partial charge < -0.3 is 58.3 Å². The minimum Gasteiger partial charge on any atom is -0.385 e. The van der Waals surface area contributed by atoms with Crippen molar-refractivity contribution < 1.29 is 28.4 Å². The Bertz CT molecular complexity index is 3680. The number of hydrogen-bond acceptors (Lipinski definition) is 12. The summed E-state index contributed by atoms with van der Waals surface area (Å²) in [6.07, 6.45) is 21.2. The quantitative estimate of drug-likeness (QED) is 0.0559. The van der Waals surface area contributed by atoms with Crippen LogP contribution >= 0.6 is 0 Å². The van der Waals surface area contributed by atoms with Crippen LogP contribution in [-0.4, -0.2) is 128 Å². The van der Waals surface area contributed by atoms with Crippen molar-refractivity contribution in [2.24, 2.45) is 0 Å². The van der Waals surface area contributed by atoms with Crippen LogP contribution < -0.4 is 0 Å². The number of ether oxygens (including phenoxy) is 6. The molecule has 18 heteroatoms. The number of aromatic nitrogens is 12. The number of fused-ring (bicyclic) bond motifs is 3. The summed E-state index contributed by atoms with van der Waals surface area (Å²) in [5.74, 6) is 5.48. The highest BCUT2D eigenvalue weighted by atomic mass is 16.5. The van der Waals surface area contributed by atoms with Gasteiger partial charge in [0.1, 0.15) is 48.2 Å². The Labute approximate surface area is 691 Å². The molecule has 0 saturated heterocycles. The highest BCUT2D eigenvalue weighted by Crippen LogP contribution is 2.21. The Morgan fingerprint density at radius 3 is 0.737 bits per heavy atom. The third-order valence-corrected chi connectivity index (χ3v) is 12.0. The van der Waals surface area contributed by atoms with E-state index in [1.807, 2.05) is 265 Å². The molecular weight excluding hydrogens is 1420 g/mol. The van der Waals surface area contributed by atoms with Crippen molar-refractivity contribution in [2.75, 3.05) is 68.1 Å². The molecule has 6 N–H and O–H groups in total. The lowest BCUT2D eigenvalue weighted by Crippen LogP contribution is -1.93.